The van der Waals surface area contributed by atoms with Crippen LogP contribution in [-0.4, -0.2) is 19.0 Å². The molecule has 1 aromatic carbocycles. The number of ketones is 1. The summed E-state index contributed by atoms with van der Waals surface area (Å²) in [6.45, 7) is 2.93. The zero-order valence-electron chi connectivity index (χ0n) is 10.2. The first-order chi connectivity index (χ1) is 8.19. The van der Waals surface area contributed by atoms with Gasteiger partial charge in [-0.1, -0.05) is 19.1 Å². The molecule has 2 rings (SSSR count). The molecular formula is C14H19NO2. The van der Waals surface area contributed by atoms with Crippen LogP contribution in [0.15, 0.2) is 24.3 Å². The van der Waals surface area contributed by atoms with E-state index in [1.54, 1.807) is 0 Å². The van der Waals surface area contributed by atoms with Crippen molar-refractivity contribution in [3.63, 3.8) is 0 Å². The van der Waals surface area contributed by atoms with Gasteiger partial charge in [-0.2, -0.15) is 0 Å². The Hall–Kier alpha value is -1.35. The maximum atomic E-state index is 12.1. The summed E-state index contributed by atoms with van der Waals surface area (Å²) in [6.07, 6.45) is 2.82. The van der Waals surface area contributed by atoms with Gasteiger partial charge in [-0.3, -0.25) is 4.79 Å². The molecule has 1 saturated carbocycles. The van der Waals surface area contributed by atoms with Gasteiger partial charge in [-0.25, -0.2) is 0 Å². The van der Waals surface area contributed by atoms with Gasteiger partial charge in [-0.05, 0) is 37.0 Å². The fourth-order valence-corrected chi connectivity index (χ4v) is 2.10. The van der Waals surface area contributed by atoms with Crippen LogP contribution < -0.4 is 5.73 Å². The minimum absolute atomic E-state index is 0.204. The van der Waals surface area contributed by atoms with Crippen molar-refractivity contribution in [2.45, 2.75) is 31.6 Å². The van der Waals surface area contributed by atoms with Gasteiger partial charge in [0.1, 0.15) is 6.61 Å². The van der Waals surface area contributed by atoms with Crippen LogP contribution in [0.5, 0.6) is 0 Å². The maximum absolute atomic E-state index is 12.1. The third-order valence-electron chi connectivity index (χ3n) is 3.33. The van der Waals surface area contributed by atoms with E-state index in [9.17, 15) is 4.79 Å². The van der Waals surface area contributed by atoms with Gasteiger partial charge in [0, 0.05) is 12.3 Å². The molecule has 92 valence electrons. The highest BCUT2D eigenvalue weighted by molar-refractivity contribution is 5.94. The first-order valence-electron chi connectivity index (χ1n) is 6.16. The predicted octanol–water partition coefficient (Wildman–Crippen LogP) is 2.30. The van der Waals surface area contributed by atoms with E-state index in [1.807, 2.05) is 31.2 Å². The van der Waals surface area contributed by atoms with E-state index in [0.717, 1.165) is 30.5 Å². The smallest absolute Gasteiger partial charge is 0.168 e. The highest BCUT2D eigenvalue weighted by atomic mass is 16.5. The number of hydrogen-bond donors (Lipinski definition) is 1. The van der Waals surface area contributed by atoms with Gasteiger partial charge in [0.15, 0.2) is 5.78 Å². The Morgan fingerprint density at radius 3 is 2.53 bits per heavy atom. The van der Waals surface area contributed by atoms with Crippen molar-refractivity contribution in [2.75, 3.05) is 18.9 Å². The van der Waals surface area contributed by atoms with Gasteiger partial charge in [0.05, 0.1) is 5.41 Å². The molecule has 1 aliphatic rings. The second-order valence-corrected chi connectivity index (χ2v) is 4.68. The standard InChI is InChI=1S/C14H19NO2/c1-2-9-17-10-13(16)14(7-8-14)11-3-5-12(15)6-4-11/h3-6H,2,7-10,15H2,1H3. The fraction of sp³-hybridized carbons (Fsp3) is 0.500. The third kappa shape index (κ3) is 2.50. The van der Waals surface area contributed by atoms with Gasteiger partial charge in [0.2, 0.25) is 0 Å². The number of Topliss-reactive ketones (excluding diaryl/α,β-unsaturated/α-hetero) is 1. The van der Waals surface area contributed by atoms with Crippen LogP contribution in [0.25, 0.3) is 0 Å². The zero-order valence-corrected chi connectivity index (χ0v) is 10.2. The fourth-order valence-electron chi connectivity index (χ4n) is 2.10. The summed E-state index contributed by atoms with van der Waals surface area (Å²) in [4.78, 5) is 12.1. The second kappa shape index (κ2) is 4.88. The van der Waals surface area contributed by atoms with Gasteiger partial charge in [-0.15, -0.1) is 0 Å². The molecule has 1 fully saturated rings. The normalized spacial score (nSPS) is 16.8. The van der Waals surface area contributed by atoms with Gasteiger partial charge in [0.25, 0.3) is 0 Å². The number of carbonyl (C=O) groups is 1. The van der Waals surface area contributed by atoms with E-state index in [2.05, 4.69) is 0 Å². The highest BCUT2D eigenvalue weighted by Crippen LogP contribution is 2.49. The molecule has 0 aliphatic heterocycles. The minimum Gasteiger partial charge on any atom is -0.399 e. The summed E-state index contributed by atoms with van der Waals surface area (Å²) in [6, 6.07) is 7.63. The van der Waals surface area contributed by atoms with Crippen LogP contribution in [0.2, 0.25) is 0 Å². The molecule has 1 aliphatic carbocycles. The van der Waals surface area contributed by atoms with Crippen LogP contribution in [0.3, 0.4) is 0 Å². The van der Waals surface area contributed by atoms with Crippen LogP contribution in [0.4, 0.5) is 5.69 Å². The summed E-state index contributed by atoms with van der Waals surface area (Å²) < 4.78 is 5.34. The van der Waals surface area contributed by atoms with Crippen molar-refractivity contribution in [3.05, 3.63) is 29.8 Å². The number of nitrogen functional groups attached to an aromatic ring is 1. The first-order valence-corrected chi connectivity index (χ1v) is 6.16. The molecule has 0 aromatic heterocycles. The number of benzene rings is 1. The molecule has 0 unspecified atom stereocenters. The summed E-state index contributed by atoms with van der Waals surface area (Å²) in [7, 11) is 0. The molecule has 0 spiro atoms. The van der Waals surface area contributed by atoms with Crippen LogP contribution >= 0.6 is 0 Å². The van der Waals surface area contributed by atoms with Crippen molar-refractivity contribution >= 4 is 11.5 Å². The molecule has 17 heavy (non-hydrogen) atoms. The number of nitrogens with two attached hydrogens (primary N) is 1. The lowest BCUT2D eigenvalue weighted by Crippen LogP contribution is -2.25. The minimum atomic E-state index is -0.276. The molecular weight excluding hydrogens is 214 g/mol. The zero-order chi connectivity index (χ0) is 12.3. The molecule has 0 bridgehead atoms. The average Bonchev–Trinajstić information content (AvgIpc) is 3.11. The molecule has 0 saturated heterocycles. The number of carbonyl (C=O) groups excluding carboxylic acids is 1. The van der Waals surface area contributed by atoms with Crippen molar-refractivity contribution in [1.29, 1.82) is 0 Å². The molecule has 0 heterocycles. The molecule has 3 heteroatoms. The molecule has 1 aromatic rings. The summed E-state index contributed by atoms with van der Waals surface area (Å²) in [5.41, 5.74) is 7.19. The molecule has 2 N–H and O–H groups in total. The van der Waals surface area contributed by atoms with Crippen LogP contribution in [-0.2, 0) is 14.9 Å². The summed E-state index contributed by atoms with van der Waals surface area (Å²) >= 11 is 0. The predicted molar refractivity (Wildman–Crippen MR) is 67.9 cm³/mol. The largest absolute Gasteiger partial charge is 0.399 e. The Bertz CT molecular complexity index is 393. The third-order valence-corrected chi connectivity index (χ3v) is 3.33. The van der Waals surface area contributed by atoms with Gasteiger partial charge >= 0.3 is 0 Å². The van der Waals surface area contributed by atoms with Crippen LogP contribution in [0.1, 0.15) is 31.7 Å². The van der Waals surface area contributed by atoms with Crippen LogP contribution in [0, 0.1) is 0 Å². The lowest BCUT2D eigenvalue weighted by atomic mass is 9.91. The lowest BCUT2D eigenvalue weighted by molar-refractivity contribution is -0.126. The van der Waals surface area contributed by atoms with Crippen molar-refractivity contribution in [3.8, 4) is 0 Å². The molecule has 0 amide bonds. The first kappa shape index (κ1) is 12.1. The topological polar surface area (TPSA) is 52.3 Å². The number of rotatable bonds is 6. The number of ether oxygens (including phenoxy) is 1. The number of anilines is 1. The molecule has 0 atom stereocenters. The monoisotopic (exact) mass is 233 g/mol. The van der Waals surface area contributed by atoms with E-state index >= 15 is 0 Å². The van der Waals surface area contributed by atoms with Crippen molar-refractivity contribution in [1.82, 2.24) is 0 Å². The van der Waals surface area contributed by atoms with E-state index in [0.29, 0.717) is 6.61 Å². The molecule has 3 nitrogen and oxygen atoms in total. The SMILES string of the molecule is CCCOCC(=O)C1(c2ccc(N)cc2)CC1. The molecule has 0 radical (unpaired) electrons. The van der Waals surface area contributed by atoms with Gasteiger partial charge < -0.3 is 10.5 Å². The number of hydrogen-bond acceptors (Lipinski definition) is 3. The Kier molecular flexibility index (Phi) is 3.48. The van der Waals surface area contributed by atoms with E-state index in [-0.39, 0.29) is 17.8 Å². The van der Waals surface area contributed by atoms with E-state index in [4.69, 9.17) is 10.5 Å². The Labute approximate surface area is 102 Å². The Morgan fingerprint density at radius 1 is 1.35 bits per heavy atom. The lowest BCUT2D eigenvalue weighted by Gasteiger charge is -2.14. The van der Waals surface area contributed by atoms with E-state index in [1.165, 1.54) is 0 Å². The average molecular weight is 233 g/mol. The summed E-state index contributed by atoms with van der Waals surface area (Å²) in [5.74, 6) is 0.204. The Morgan fingerprint density at radius 2 is 2.00 bits per heavy atom. The Balaban J connectivity index is 2.03. The van der Waals surface area contributed by atoms with Crippen molar-refractivity contribution in [2.24, 2.45) is 0 Å². The van der Waals surface area contributed by atoms with E-state index < -0.39 is 0 Å². The van der Waals surface area contributed by atoms with Crippen molar-refractivity contribution < 1.29 is 9.53 Å². The quantitative estimate of drug-likeness (QED) is 0.606. The highest BCUT2D eigenvalue weighted by Gasteiger charge is 2.50. The maximum Gasteiger partial charge on any atom is 0.168 e. The summed E-state index contributed by atoms with van der Waals surface area (Å²) in [5, 5.41) is 0. The second-order valence-electron chi connectivity index (χ2n) is 4.68.